The van der Waals surface area contributed by atoms with E-state index in [9.17, 15) is 0 Å². The highest BCUT2D eigenvalue weighted by atomic mass is 32.2. The first-order valence-electron chi connectivity index (χ1n) is 5.28. The van der Waals surface area contributed by atoms with Gasteiger partial charge < -0.3 is 10.2 Å². The molecule has 4 heteroatoms. The fraction of sp³-hybridized carbons (Fsp3) is 0.900. The van der Waals surface area contributed by atoms with E-state index in [0.29, 0.717) is 6.04 Å². The van der Waals surface area contributed by atoms with E-state index in [1.165, 1.54) is 6.42 Å². The fourth-order valence-corrected chi connectivity index (χ4v) is 3.01. The average molecular weight is 213 g/mol. The first-order chi connectivity index (χ1) is 6.61. The Balaban J connectivity index is 1.89. The van der Waals surface area contributed by atoms with Crippen molar-refractivity contribution in [1.29, 1.82) is 0 Å². The summed E-state index contributed by atoms with van der Waals surface area (Å²) in [6.45, 7) is 6.74. The molecular weight excluding hydrogens is 194 g/mol. The predicted molar refractivity (Wildman–Crippen MR) is 63.0 cm³/mol. The minimum atomic E-state index is 0.277. The quantitative estimate of drug-likeness (QED) is 0.746. The molecule has 0 aromatic carbocycles. The van der Waals surface area contributed by atoms with E-state index in [0.717, 1.165) is 24.0 Å². The Bertz CT molecular complexity index is 248. The number of hydrogen-bond acceptors (Lipinski definition) is 3. The smallest absolute Gasteiger partial charge is 0.157 e. The zero-order valence-corrected chi connectivity index (χ0v) is 10.0. The average Bonchev–Trinajstić information content (AvgIpc) is 2.46. The molecule has 2 aliphatic heterocycles. The highest BCUT2D eigenvalue weighted by Crippen LogP contribution is 2.26. The number of nitrogens with one attached hydrogen (secondary N) is 1. The van der Waals surface area contributed by atoms with Gasteiger partial charge in [0, 0.05) is 24.4 Å². The molecule has 2 aliphatic rings. The molecule has 2 rings (SSSR count). The summed E-state index contributed by atoms with van der Waals surface area (Å²) >= 11 is 1.87. The Morgan fingerprint density at radius 1 is 1.64 bits per heavy atom. The topological polar surface area (TPSA) is 27.6 Å². The zero-order chi connectivity index (χ0) is 10.2. The van der Waals surface area contributed by atoms with Gasteiger partial charge in [-0.3, -0.25) is 4.99 Å². The lowest BCUT2D eigenvalue weighted by Gasteiger charge is -2.33. The molecule has 0 radical (unpaired) electrons. The number of amidine groups is 1. The molecule has 2 heterocycles. The van der Waals surface area contributed by atoms with Crippen molar-refractivity contribution in [2.75, 3.05) is 25.9 Å². The highest BCUT2D eigenvalue weighted by Gasteiger charge is 2.32. The second kappa shape index (κ2) is 3.74. The molecule has 80 valence electrons. The van der Waals surface area contributed by atoms with Gasteiger partial charge >= 0.3 is 0 Å². The van der Waals surface area contributed by atoms with Crippen LogP contribution in [0.1, 0.15) is 20.3 Å². The molecule has 14 heavy (non-hydrogen) atoms. The van der Waals surface area contributed by atoms with Crippen LogP contribution in [0.4, 0.5) is 0 Å². The predicted octanol–water partition coefficient (Wildman–Crippen LogP) is 1.16. The Morgan fingerprint density at radius 2 is 2.36 bits per heavy atom. The maximum atomic E-state index is 4.70. The summed E-state index contributed by atoms with van der Waals surface area (Å²) in [5.74, 6) is 1.16. The fourth-order valence-electron chi connectivity index (χ4n) is 1.73. The summed E-state index contributed by atoms with van der Waals surface area (Å²) in [4.78, 5) is 7.00. The Hall–Kier alpha value is -0.220. The standard InChI is InChI=1S/C10H19N3S/c1-4-10(2)7-14-9(12-10)11-8-5-13(3)6-8/h8H,4-7H2,1-3H3,(H,11,12). The van der Waals surface area contributed by atoms with Crippen molar-refractivity contribution in [3.8, 4) is 0 Å². The lowest BCUT2D eigenvalue weighted by Crippen LogP contribution is -2.48. The summed E-state index contributed by atoms with van der Waals surface area (Å²) in [5, 5.41) is 4.69. The second-order valence-corrected chi connectivity index (χ2v) is 5.60. The SMILES string of the molecule is CCC1(C)CSC(=NC2CN(C)C2)N1. The van der Waals surface area contributed by atoms with E-state index >= 15 is 0 Å². The molecule has 0 amide bonds. The number of nitrogens with zero attached hydrogens (tertiary/aromatic N) is 2. The van der Waals surface area contributed by atoms with Gasteiger partial charge in [0.1, 0.15) is 0 Å². The van der Waals surface area contributed by atoms with Crippen molar-refractivity contribution in [2.45, 2.75) is 31.8 Å². The number of thioether (sulfide) groups is 1. The molecule has 2 saturated heterocycles. The van der Waals surface area contributed by atoms with Gasteiger partial charge in [-0.05, 0) is 20.4 Å². The summed E-state index contributed by atoms with van der Waals surface area (Å²) in [7, 11) is 2.14. The van der Waals surface area contributed by atoms with Gasteiger partial charge in [-0.15, -0.1) is 0 Å². The monoisotopic (exact) mass is 213 g/mol. The summed E-state index contributed by atoms with van der Waals surface area (Å²) < 4.78 is 0. The molecule has 0 bridgehead atoms. The molecule has 1 N–H and O–H groups in total. The summed E-state index contributed by atoms with van der Waals surface area (Å²) in [6, 6.07) is 0.536. The van der Waals surface area contributed by atoms with E-state index in [1.807, 2.05) is 11.8 Å². The number of hydrogen-bond donors (Lipinski definition) is 1. The third kappa shape index (κ3) is 2.06. The van der Waals surface area contributed by atoms with Crippen LogP contribution in [0.15, 0.2) is 4.99 Å². The number of rotatable bonds is 2. The minimum Gasteiger partial charge on any atom is -0.359 e. The molecule has 0 spiro atoms. The lowest BCUT2D eigenvalue weighted by atomic mass is 10.0. The van der Waals surface area contributed by atoms with Gasteiger partial charge in [-0.1, -0.05) is 18.7 Å². The van der Waals surface area contributed by atoms with Crippen LogP contribution in [-0.2, 0) is 0 Å². The zero-order valence-electron chi connectivity index (χ0n) is 9.21. The molecule has 1 unspecified atom stereocenters. The van der Waals surface area contributed by atoms with Gasteiger partial charge in [0.2, 0.25) is 0 Å². The van der Waals surface area contributed by atoms with Crippen LogP contribution in [0.3, 0.4) is 0 Å². The van der Waals surface area contributed by atoms with Gasteiger partial charge in [0.05, 0.1) is 6.04 Å². The first kappa shape index (κ1) is 10.3. The Kier molecular flexibility index (Phi) is 2.75. The van der Waals surface area contributed by atoms with Crippen molar-refractivity contribution in [2.24, 2.45) is 4.99 Å². The maximum Gasteiger partial charge on any atom is 0.157 e. The molecule has 3 nitrogen and oxygen atoms in total. The van der Waals surface area contributed by atoms with Crippen molar-refractivity contribution in [3.05, 3.63) is 0 Å². The minimum absolute atomic E-state index is 0.277. The van der Waals surface area contributed by atoms with Crippen molar-refractivity contribution in [1.82, 2.24) is 10.2 Å². The number of aliphatic imine (C=N–C) groups is 1. The van der Waals surface area contributed by atoms with Crippen LogP contribution in [0, 0.1) is 0 Å². The normalized spacial score (nSPS) is 37.2. The van der Waals surface area contributed by atoms with Crippen LogP contribution in [-0.4, -0.2) is 47.5 Å². The largest absolute Gasteiger partial charge is 0.359 e. The number of likely N-dealkylation sites (N-methyl/N-ethyl adjacent to an activating group) is 1. The van der Waals surface area contributed by atoms with E-state index in [-0.39, 0.29) is 5.54 Å². The van der Waals surface area contributed by atoms with Crippen molar-refractivity contribution >= 4 is 16.9 Å². The molecule has 0 aromatic heterocycles. The molecule has 0 aromatic rings. The second-order valence-electron chi connectivity index (χ2n) is 4.64. The van der Waals surface area contributed by atoms with Crippen molar-refractivity contribution in [3.63, 3.8) is 0 Å². The highest BCUT2D eigenvalue weighted by molar-refractivity contribution is 8.14. The van der Waals surface area contributed by atoms with Crippen LogP contribution in [0.25, 0.3) is 0 Å². The van der Waals surface area contributed by atoms with Gasteiger partial charge in [-0.2, -0.15) is 0 Å². The summed E-state index contributed by atoms with van der Waals surface area (Å²) in [5.41, 5.74) is 0.277. The molecular formula is C10H19N3S. The molecule has 2 fully saturated rings. The molecule has 0 saturated carbocycles. The van der Waals surface area contributed by atoms with Crippen molar-refractivity contribution < 1.29 is 0 Å². The molecule has 1 atom stereocenters. The van der Waals surface area contributed by atoms with Crippen LogP contribution in [0.5, 0.6) is 0 Å². The van der Waals surface area contributed by atoms with Crippen LogP contribution in [0.2, 0.25) is 0 Å². The van der Waals surface area contributed by atoms with E-state index in [2.05, 4.69) is 31.1 Å². The van der Waals surface area contributed by atoms with Crippen LogP contribution < -0.4 is 5.32 Å². The maximum absolute atomic E-state index is 4.70. The van der Waals surface area contributed by atoms with E-state index in [1.54, 1.807) is 0 Å². The van der Waals surface area contributed by atoms with Crippen LogP contribution >= 0.6 is 11.8 Å². The Labute approximate surface area is 90.3 Å². The Morgan fingerprint density at radius 3 is 2.86 bits per heavy atom. The lowest BCUT2D eigenvalue weighted by molar-refractivity contribution is 0.193. The van der Waals surface area contributed by atoms with Gasteiger partial charge in [-0.25, -0.2) is 0 Å². The first-order valence-corrected chi connectivity index (χ1v) is 6.27. The number of likely N-dealkylation sites (tertiary alicyclic amines) is 1. The van der Waals surface area contributed by atoms with E-state index in [4.69, 9.17) is 4.99 Å². The third-order valence-corrected chi connectivity index (χ3v) is 4.32. The van der Waals surface area contributed by atoms with Gasteiger partial charge in [0.15, 0.2) is 5.17 Å². The molecule has 0 aliphatic carbocycles. The third-order valence-electron chi connectivity index (χ3n) is 3.06. The van der Waals surface area contributed by atoms with E-state index < -0.39 is 0 Å². The van der Waals surface area contributed by atoms with Gasteiger partial charge in [0.25, 0.3) is 0 Å². The summed E-state index contributed by atoms with van der Waals surface area (Å²) in [6.07, 6.45) is 1.17.